The average molecular weight is 405 g/mol. The molecule has 0 radical (unpaired) electrons. The number of rotatable bonds is 7. The summed E-state index contributed by atoms with van der Waals surface area (Å²) in [6.45, 7) is 4.32. The van der Waals surface area contributed by atoms with Crippen LogP contribution in [0.25, 0.3) is 11.0 Å². The summed E-state index contributed by atoms with van der Waals surface area (Å²) in [4.78, 5) is 24.6. The van der Waals surface area contributed by atoms with Crippen LogP contribution in [0.15, 0.2) is 47.1 Å². The van der Waals surface area contributed by atoms with Gasteiger partial charge in [0.1, 0.15) is 5.58 Å². The van der Waals surface area contributed by atoms with E-state index in [1.54, 1.807) is 6.26 Å². The van der Waals surface area contributed by atoms with E-state index in [1.807, 2.05) is 38.1 Å². The van der Waals surface area contributed by atoms with Gasteiger partial charge in [-0.2, -0.15) is 0 Å². The van der Waals surface area contributed by atoms with Gasteiger partial charge >= 0.3 is 0 Å². The topological polar surface area (TPSA) is 71.3 Å². The molecule has 2 N–H and O–H groups in total. The molecule has 1 aliphatic carbocycles. The summed E-state index contributed by atoms with van der Waals surface area (Å²) >= 11 is 0. The van der Waals surface area contributed by atoms with Crippen LogP contribution in [-0.2, 0) is 35.4 Å². The maximum atomic E-state index is 12.5. The quantitative estimate of drug-likeness (QED) is 0.596. The average Bonchev–Trinajstić information content (AvgIpc) is 3.36. The van der Waals surface area contributed by atoms with Crippen molar-refractivity contribution < 1.29 is 14.0 Å². The molecule has 5 nitrogen and oxygen atoms in total. The van der Waals surface area contributed by atoms with Gasteiger partial charge in [-0.15, -0.1) is 0 Å². The number of amides is 2. The molecular formula is C25H28N2O3. The third-order valence-corrected chi connectivity index (χ3v) is 5.96. The highest BCUT2D eigenvalue weighted by Crippen LogP contribution is 2.30. The van der Waals surface area contributed by atoms with Crippen molar-refractivity contribution in [3.8, 4) is 0 Å². The first-order valence-corrected chi connectivity index (χ1v) is 10.7. The summed E-state index contributed by atoms with van der Waals surface area (Å²) in [5, 5.41) is 6.95. The van der Waals surface area contributed by atoms with Gasteiger partial charge in [-0.05, 0) is 66.6 Å². The Hall–Kier alpha value is -3.08. The van der Waals surface area contributed by atoms with Crippen molar-refractivity contribution in [1.82, 2.24) is 5.32 Å². The Labute approximate surface area is 176 Å². The van der Waals surface area contributed by atoms with Crippen molar-refractivity contribution in [2.75, 3.05) is 5.32 Å². The van der Waals surface area contributed by atoms with Gasteiger partial charge in [0.25, 0.3) is 0 Å². The summed E-state index contributed by atoms with van der Waals surface area (Å²) in [5.74, 6) is -0.0661. The SMILES string of the molecule is CCC(C)C(=O)Nc1cccc(CNC(=O)Cc2coc3cc4c(cc23)CCC4)c1. The van der Waals surface area contributed by atoms with Crippen LogP contribution in [0, 0.1) is 5.92 Å². The molecule has 0 aliphatic heterocycles. The van der Waals surface area contributed by atoms with E-state index in [1.165, 1.54) is 17.5 Å². The molecule has 0 saturated heterocycles. The standard InChI is InChI=1S/C25H28N2O3/c1-3-16(2)25(29)27-21-9-4-6-17(10-21)14-26-24(28)13-20-15-30-23-12-19-8-5-7-18(19)11-22(20)23/h4,6,9-12,15-16H,3,5,7-8,13-14H2,1-2H3,(H,26,28)(H,27,29). The van der Waals surface area contributed by atoms with Gasteiger partial charge in [0.15, 0.2) is 0 Å². The van der Waals surface area contributed by atoms with E-state index in [4.69, 9.17) is 4.42 Å². The Morgan fingerprint density at radius 3 is 2.73 bits per heavy atom. The monoisotopic (exact) mass is 404 g/mol. The number of fused-ring (bicyclic) bond motifs is 2. The third kappa shape index (κ3) is 4.40. The van der Waals surface area contributed by atoms with E-state index in [-0.39, 0.29) is 24.2 Å². The Balaban J connectivity index is 1.37. The Morgan fingerprint density at radius 2 is 1.93 bits per heavy atom. The lowest BCUT2D eigenvalue weighted by Gasteiger charge is -2.11. The fraction of sp³-hybridized carbons (Fsp3) is 0.360. The summed E-state index contributed by atoms with van der Waals surface area (Å²) in [6.07, 6.45) is 6.19. The fourth-order valence-corrected chi connectivity index (χ4v) is 3.93. The number of hydrogen-bond acceptors (Lipinski definition) is 3. The molecule has 1 unspecified atom stereocenters. The zero-order valence-corrected chi connectivity index (χ0v) is 17.6. The molecule has 5 heteroatoms. The van der Waals surface area contributed by atoms with E-state index in [2.05, 4.69) is 22.8 Å². The van der Waals surface area contributed by atoms with Gasteiger partial charge in [0.05, 0.1) is 12.7 Å². The van der Waals surface area contributed by atoms with Crippen molar-refractivity contribution >= 4 is 28.5 Å². The largest absolute Gasteiger partial charge is 0.464 e. The second kappa shape index (κ2) is 8.74. The molecule has 2 aromatic carbocycles. The highest BCUT2D eigenvalue weighted by atomic mass is 16.3. The zero-order valence-electron chi connectivity index (χ0n) is 17.6. The smallest absolute Gasteiger partial charge is 0.227 e. The van der Waals surface area contributed by atoms with Crippen molar-refractivity contribution in [2.45, 2.75) is 52.5 Å². The molecule has 1 aliphatic rings. The molecular weight excluding hydrogens is 376 g/mol. The molecule has 1 aromatic heterocycles. The van der Waals surface area contributed by atoms with Crippen LogP contribution in [0.4, 0.5) is 5.69 Å². The van der Waals surface area contributed by atoms with E-state index >= 15 is 0 Å². The van der Waals surface area contributed by atoms with Gasteiger partial charge in [0.2, 0.25) is 11.8 Å². The van der Waals surface area contributed by atoms with Crippen molar-refractivity contribution in [2.24, 2.45) is 5.92 Å². The predicted octanol–water partition coefficient (Wildman–Crippen LogP) is 4.77. The minimum Gasteiger partial charge on any atom is -0.464 e. The lowest BCUT2D eigenvalue weighted by atomic mass is 10.0. The van der Waals surface area contributed by atoms with E-state index < -0.39 is 0 Å². The highest BCUT2D eigenvalue weighted by molar-refractivity contribution is 5.92. The molecule has 0 spiro atoms. The molecule has 0 fully saturated rings. The Morgan fingerprint density at radius 1 is 1.13 bits per heavy atom. The maximum absolute atomic E-state index is 12.5. The molecule has 4 rings (SSSR count). The molecule has 0 bridgehead atoms. The predicted molar refractivity (Wildman–Crippen MR) is 118 cm³/mol. The normalized spacial score (nSPS) is 13.8. The molecule has 0 saturated carbocycles. The molecule has 156 valence electrons. The Bertz CT molecular complexity index is 1080. The molecule has 30 heavy (non-hydrogen) atoms. The van der Waals surface area contributed by atoms with Gasteiger partial charge in [-0.1, -0.05) is 26.0 Å². The van der Waals surface area contributed by atoms with Crippen LogP contribution in [0.1, 0.15) is 48.9 Å². The van der Waals surface area contributed by atoms with Gasteiger partial charge < -0.3 is 15.1 Å². The zero-order chi connectivity index (χ0) is 21.1. The second-order valence-corrected chi connectivity index (χ2v) is 8.18. The first-order valence-electron chi connectivity index (χ1n) is 10.7. The highest BCUT2D eigenvalue weighted by Gasteiger charge is 2.17. The number of carbonyl (C=O) groups is 2. The second-order valence-electron chi connectivity index (χ2n) is 8.18. The number of hydrogen-bond donors (Lipinski definition) is 2. The van der Waals surface area contributed by atoms with Gasteiger partial charge in [-0.25, -0.2) is 0 Å². The minimum absolute atomic E-state index is 0.0111. The number of furan rings is 1. The van der Waals surface area contributed by atoms with Crippen LogP contribution in [0.5, 0.6) is 0 Å². The van der Waals surface area contributed by atoms with Crippen molar-refractivity contribution in [3.63, 3.8) is 0 Å². The van der Waals surface area contributed by atoms with Gasteiger partial charge in [0, 0.05) is 29.1 Å². The van der Waals surface area contributed by atoms with E-state index in [9.17, 15) is 9.59 Å². The number of anilines is 1. The van der Waals surface area contributed by atoms with Gasteiger partial charge in [-0.3, -0.25) is 9.59 Å². The first-order chi connectivity index (χ1) is 14.5. The molecule has 1 atom stereocenters. The van der Waals surface area contributed by atoms with Crippen LogP contribution in [-0.4, -0.2) is 11.8 Å². The summed E-state index contributed by atoms with van der Waals surface area (Å²) in [5.41, 5.74) is 6.23. The summed E-state index contributed by atoms with van der Waals surface area (Å²) in [7, 11) is 0. The first kappa shape index (κ1) is 20.2. The third-order valence-electron chi connectivity index (χ3n) is 5.96. The van der Waals surface area contributed by atoms with Crippen LogP contribution in [0.2, 0.25) is 0 Å². The number of nitrogens with one attached hydrogen (secondary N) is 2. The van der Waals surface area contributed by atoms with E-state index in [0.29, 0.717) is 6.54 Å². The number of aryl methyl sites for hydroxylation is 2. The van der Waals surface area contributed by atoms with Crippen molar-refractivity contribution in [3.05, 3.63) is 64.9 Å². The van der Waals surface area contributed by atoms with E-state index in [0.717, 1.165) is 47.0 Å². The van der Waals surface area contributed by atoms with Crippen LogP contribution in [0.3, 0.4) is 0 Å². The fourth-order valence-electron chi connectivity index (χ4n) is 3.93. The minimum atomic E-state index is -0.0488. The molecule has 2 amide bonds. The summed E-state index contributed by atoms with van der Waals surface area (Å²) < 4.78 is 5.70. The molecule has 3 aromatic rings. The Kier molecular flexibility index (Phi) is 5.88. The maximum Gasteiger partial charge on any atom is 0.227 e. The number of carbonyl (C=O) groups excluding carboxylic acids is 2. The summed E-state index contributed by atoms with van der Waals surface area (Å²) in [6, 6.07) is 11.9. The lowest BCUT2D eigenvalue weighted by Crippen LogP contribution is -2.24. The van der Waals surface area contributed by atoms with Crippen LogP contribution < -0.4 is 10.6 Å². The lowest BCUT2D eigenvalue weighted by molar-refractivity contribution is -0.121. The van der Waals surface area contributed by atoms with Crippen LogP contribution >= 0.6 is 0 Å². The molecule has 1 heterocycles. The number of benzene rings is 2. The van der Waals surface area contributed by atoms with Crippen molar-refractivity contribution in [1.29, 1.82) is 0 Å².